The van der Waals surface area contributed by atoms with E-state index in [0.717, 1.165) is 42.1 Å². The van der Waals surface area contributed by atoms with Gasteiger partial charge in [0.05, 0.1) is 5.75 Å². The van der Waals surface area contributed by atoms with Gasteiger partial charge in [0.1, 0.15) is 10.8 Å². The Hall–Kier alpha value is -1.51. The topological polar surface area (TPSA) is 84.0 Å². The molecule has 1 saturated carbocycles. The predicted octanol–water partition coefficient (Wildman–Crippen LogP) is 3.12. The molecular formula is C17H24N4O2S2. The van der Waals surface area contributed by atoms with Crippen molar-refractivity contribution in [2.45, 2.75) is 38.6 Å². The molecule has 0 amide bonds. The minimum Gasteiger partial charge on any atom is -0.367 e. The molecule has 6 nitrogen and oxygen atoms in total. The summed E-state index contributed by atoms with van der Waals surface area (Å²) >= 11 is 1.61. The van der Waals surface area contributed by atoms with Crippen LogP contribution >= 0.6 is 11.3 Å². The van der Waals surface area contributed by atoms with E-state index in [-0.39, 0.29) is 5.75 Å². The first-order valence-electron chi connectivity index (χ1n) is 8.65. The van der Waals surface area contributed by atoms with Crippen molar-refractivity contribution < 1.29 is 8.42 Å². The van der Waals surface area contributed by atoms with Crippen molar-refractivity contribution in [1.29, 1.82) is 0 Å². The largest absolute Gasteiger partial charge is 0.367 e. The van der Waals surface area contributed by atoms with Gasteiger partial charge in [-0.15, -0.1) is 11.3 Å². The van der Waals surface area contributed by atoms with Gasteiger partial charge in [0, 0.05) is 35.9 Å². The molecule has 0 aliphatic heterocycles. The number of nitrogens with zero attached hydrogens (tertiary/aromatic N) is 2. The van der Waals surface area contributed by atoms with E-state index in [9.17, 15) is 8.42 Å². The standard InChI is InChI=1S/C17H24N4O2S2/c1-2-25(22,23)20-11-13-3-6-15(7-4-13)21-16-8-5-14(12-19-16)17-18-9-10-24-17/h5,8-10,12-13,15,20H,2-4,6-7,11H2,1H3,(H,19,21)/t13-,15-. The van der Waals surface area contributed by atoms with Crippen molar-refractivity contribution in [3.63, 3.8) is 0 Å². The smallest absolute Gasteiger partial charge is 0.211 e. The van der Waals surface area contributed by atoms with E-state index in [0.29, 0.717) is 18.5 Å². The van der Waals surface area contributed by atoms with E-state index >= 15 is 0 Å². The lowest BCUT2D eigenvalue weighted by Gasteiger charge is -2.29. The fourth-order valence-corrected chi connectivity index (χ4v) is 4.36. The van der Waals surface area contributed by atoms with Crippen molar-refractivity contribution >= 4 is 27.2 Å². The average Bonchev–Trinajstić information content (AvgIpc) is 3.17. The molecule has 0 unspecified atom stereocenters. The molecule has 0 aromatic carbocycles. The van der Waals surface area contributed by atoms with Crippen molar-refractivity contribution in [2.75, 3.05) is 17.6 Å². The maximum absolute atomic E-state index is 11.5. The Bertz CT molecular complexity index is 752. The third kappa shape index (κ3) is 5.23. The maximum Gasteiger partial charge on any atom is 0.211 e. The molecule has 25 heavy (non-hydrogen) atoms. The summed E-state index contributed by atoms with van der Waals surface area (Å²) in [5.74, 6) is 1.46. The van der Waals surface area contributed by atoms with E-state index in [4.69, 9.17) is 0 Å². The van der Waals surface area contributed by atoms with Gasteiger partial charge in [0.25, 0.3) is 0 Å². The second-order valence-corrected chi connectivity index (χ2v) is 9.37. The molecule has 1 fully saturated rings. The van der Waals surface area contributed by atoms with Crippen LogP contribution in [0.4, 0.5) is 5.82 Å². The summed E-state index contributed by atoms with van der Waals surface area (Å²) in [5.41, 5.74) is 1.03. The monoisotopic (exact) mass is 380 g/mol. The zero-order valence-corrected chi connectivity index (χ0v) is 15.9. The summed E-state index contributed by atoms with van der Waals surface area (Å²) in [6, 6.07) is 4.44. The highest BCUT2D eigenvalue weighted by Crippen LogP contribution is 2.27. The number of anilines is 1. The summed E-state index contributed by atoms with van der Waals surface area (Å²) in [5, 5.41) is 6.43. The van der Waals surface area contributed by atoms with Crippen LogP contribution in [0.1, 0.15) is 32.6 Å². The van der Waals surface area contributed by atoms with Gasteiger partial charge in [-0.3, -0.25) is 0 Å². The van der Waals surface area contributed by atoms with Crippen LogP contribution in [0.3, 0.4) is 0 Å². The van der Waals surface area contributed by atoms with Crippen molar-refractivity contribution in [3.8, 4) is 10.6 Å². The van der Waals surface area contributed by atoms with Crippen LogP contribution in [0.5, 0.6) is 0 Å². The third-order valence-corrected chi connectivity index (χ3v) is 6.80. The van der Waals surface area contributed by atoms with Crippen LogP contribution in [0.15, 0.2) is 29.9 Å². The van der Waals surface area contributed by atoms with Crippen LogP contribution in [-0.2, 0) is 10.0 Å². The number of thiazole rings is 1. The number of sulfonamides is 1. The normalized spacial score (nSPS) is 21.2. The van der Waals surface area contributed by atoms with Crippen molar-refractivity contribution in [3.05, 3.63) is 29.9 Å². The van der Waals surface area contributed by atoms with Gasteiger partial charge in [-0.05, 0) is 50.7 Å². The highest BCUT2D eigenvalue weighted by atomic mass is 32.2. The van der Waals surface area contributed by atoms with E-state index in [1.165, 1.54) is 0 Å². The first-order valence-corrected chi connectivity index (χ1v) is 11.2. The van der Waals surface area contributed by atoms with Gasteiger partial charge in [-0.2, -0.15) is 0 Å². The Morgan fingerprint density at radius 1 is 1.20 bits per heavy atom. The second kappa shape index (κ2) is 8.25. The van der Waals surface area contributed by atoms with Gasteiger partial charge in [0.2, 0.25) is 10.0 Å². The Labute approximate surface area is 153 Å². The number of nitrogens with one attached hydrogen (secondary N) is 2. The summed E-state index contributed by atoms with van der Waals surface area (Å²) in [7, 11) is -3.08. The summed E-state index contributed by atoms with van der Waals surface area (Å²) in [4.78, 5) is 8.78. The van der Waals surface area contributed by atoms with Crippen molar-refractivity contribution in [2.24, 2.45) is 5.92 Å². The van der Waals surface area contributed by atoms with Gasteiger partial charge < -0.3 is 5.32 Å². The minimum atomic E-state index is -3.08. The molecule has 8 heteroatoms. The van der Waals surface area contributed by atoms with Crippen LogP contribution < -0.4 is 10.0 Å². The number of hydrogen-bond donors (Lipinski definition) is 2. The third-order valence-electron chi connectivity index (χ3n) is 4.61. The predicted molar refractivity (Wildman–Crippen MR) is 102 cm³/mol. The Kier molecular flexibility index (Phi) is 6.03. The molecule has 2 aromatic heterocycles. The molecule has 0 atom stereocenters. The maximum atomic E-state index is 11.5. The van der Waals surface area contributed by atoms with Crippen LogP contribution in [0.25, 0.3) is 10.6 Å². The lowest BCUT2D eigenvalue weighted by molar-refractivity contribution is 0.337. The second-order valence-electron chi connectivity index (χ2n) is 6.38. The first kappa shape index (κ1) is 18.3. The fraction of sp³-hybridized carbons (Fsp3) is 0.529. The molecule has 2 heterocycles. The molecule has 0 saturated heterocycles. The Morgan fingerprint density at radius 3 is 2.60 bits per heavy atom. The van der Waals surface area contributed by atoms with Crippen molar-refractivity contribution in [1.82, 2.24) is 14.7 Å². The first-order chi connectivity index (χ1) is 12.1. The van der Waals surface area contributed by atoms with Gasteiger partial charge >= 0.3 is 0 Å². The zero-order chi connectivity index (χ0) is 17.7. The molecule has 2 aromatic rings. The molecule has 136 valence electrons. The molecule has 0 radical (unpaired) electrons. The Balaban J connectivity index is 1.46. The van der Waals surface area contributed by atoms with E-state index < -0.39 is 10.0 Å². The van der Waals surface area contributed by atoms with Gasteiger partial charge in [-0.1, -0.05) is 0 Å². The van der Waals surface area contributed by atoms with Gasteiger partial charge in [0.15, 0.2) is 0 Å². The summed E-state index contributed by atoms with van der Waals surface area (Å²) < 4.78 is 25.7. The highest BCUT2D eigenvalue weighted by Gasteiger charge is 2.22. The number of pyridine rings is 1. The molecule has 1 aliphatic carbocycles. The average molecular weight is 381 g/mol. The number of hydrogen-bond acceptors (Lipinski definition) is 6. The molecule has 2 N–H and O–H groups in total. The highest BCUT2D eigenvalue weighted by molar-refractivity contribution is 7.89. The molecule has 1 aliphatic rings. The fourth-order valence-electron chi connectivity index (χ4n) is 3.04. The molecular weight excluding hydrogens is 356 g/mol. The number of rotatable bonds is 7. The number of aromatic nitrogens is 2. The summed E-state index contributed by atoms with van der Waals surface area (Å²) in [6.45, 7) is 2.22. The Morgan fingerprint density at radius 2 is 2.00 bits per heavy atom. The van der Waals surface area contributed by atoms with Crippen LogP contribution in [0.2, 0.25) is 0 Å². The van der Waals surface area contributed by atoms with Gasteiger partial charge in [-0.25, -0.2) is 23.1 Å². The van der Waals surface area contributed by atoms with Crippen LogP contribution in [-0.4, -0.2) is 36.7 Å². The lowest BCUT2D eigenvalue weighted by atomic mass is 9.86. The van der Waals surface area contributed by atoms with E-state index in [1.807, 2.05) is 23.7 Å². The summed E-state index contributed by atoms with van der Waals surface area (Å²) in [6.07, 6.45) is 7.78. The lowest BCUT2D eigenvalue weighted by Crippen LogP contribution is -2.34. The zero-order valence-electron chi connectivity index (χ0n) is 14.3. The SMILES string of the molecule is CCS(=O)(=O)NC[C@H]1CC[C@H](Nc2ccc(-c3nccs3)cn2)CC1. The van der Waals surface area contributed by atoms with E-state index in [1.54, 1.807) is 24.5 Å². The quantitative estimate of drug-likeness (QED) is 0.771. The van der Waals surface area contributed by atoms with E-state index in [2.05, 4.69) is 20.0 Å². The van der Waals surface area contributed by atoms with Crippen LogP contribution in [0, 0.1) is 5.92 Å². The minimum absolute atomic E-state index is 0.145. The molecule has 3 rings (SSSR count). The molecule has 0 bridgehead atoms. The molecule has 0 spiro atoms.